The van der Waals surface area contributed by atoms with Crippen molar-refractivity contribution in [2.75, 3.05) is 5.73 Å². The van der Waals surface area contributed by atoms with Gasteiger partial charge in [0.1, 0.15) is 5.52 Å². The number of anilines is 1. The summed E-state index contributed by atoms with van der Waals surface area (Å²) in [6.07, 6.45) is 1.54. The first-order chi connectivity index (χ1) is 8.68. The lowest BCUT2D eigenvalue weighted by atomic mass is 10.3. The zero-order valence-corrected chi connectivity index (χ0v) is 9.14. The molecule has 2 heterocycles. The van der Waals surface area contributed by atoms with Gasteiger partial charge >= 0.3 is 0 Å². The second kappa shape index (κ2) is 3.76. The summed E-state index contributed by atoms with van der Waals surface area (Å²) in [6.45, 7) is 0. The van der Waals surface area contributed by atoms with Gasteiger partial charge in [0.2, 0.25) is 5.95 Å². The Labute approximate surface area is 101 Å². The molecule has 18 heavy (non-hydrogen) atoms. The molecule has 2 aromatic heterocycles. The smallest absolute Gasteiger partial charge is 0.207 e. The Hall–Kier alpha value is -2.50. The van der Waals surface area contributed by atoms with Crippen LogP contribution in [0.5, 0.6) is 0 Å². The molecule has 0 aliphatic rings. The number of rotatable bonds is 1. The van der Waals surface area contributed by atoms with Crippen LogP contribution in [0.1, 0.15) is 0 Å². The summed E-state index contributed by atoms with van der Waals surface area (Å²) < 4.78 is 28.3. The van der Waals surface area contributed by atoms with Crippen LogP contribution in [-0.2, 0) is 0 Å². The maximum absolute atomic E-state index is 13.8. The highest BCUT2D eigenvalue weighted by molar-refractivity contribution is 5.76. The number of hydrogen-bond donors (Lipinski definition) is 1. The van der Waals surface area contributed by atoms with Crippen molar-refractivity contribution in [2.45, 2.75) is 0 Å². The Morgan fingerprint density at radius 1 is 1.11 bits per heavy atom. The van der Waals surface area contributed by atoms with Gasteiger partial charge in [0, 0.05) is 6.20 Å². The van der Waals surface area contributed by atoms with Crippen LogP contribution < -0.4 is 5.73 Å². The zero-order valence-electron chi connectivity index (χ0n) is 9.14. The average Bonchev–Trinajstić information content (AvgIpc) is 2.69. The molecule has 0 saturated carbocycles. The normalized spacial score (nSPS) is 11.0. The molecule has 6 heteroatoms. The number of nitrogen functional groups attached to an aromatic ring is 1. The van der Waals surface area contributed by atoms with Gasteiger partial charge < -0.3 is 5.73 Å². The van der Waals surface area contributed by atoms with Gasteiger partial charge in [0.25, 0.3) is 0 Å². The fourth-order valence-corrected chi connectivity index (χ4v) is 1.83. The molecule has 0 spiro atoms. The number of benzene rings is 1. The minimum absolute atomic E-state index is 0.00583. The van der Waals surface area contributed by atoms with Gasteiger partial charge in [-0.15, -0.1) is 0 Å². The van der Waals surface area contributed by atoms with Gasteiger partial charge in [-0.3, -0.25) is 4.57 Å². The Bertz CT molecular complexity index is 736. The summed E-state index contributed by atoms with van der Waals surface area (Å²) in [5.74, 6) is -1.85. The van der Waals surface area contributed by atoms with E-state index >= 15 is 0 Å². The summed E-state index contributed by atoms with van der Waals surface area (Å²) >= 11 is 0. The average molecular weight is 246 g/mol. The molecule has 0 amide bonds. The number of aromatic nitrogens is 3. The van der Waals surface area contributed by atoms with E-state index in [1.54, 1.807) is 12.1 Å². The molecule has 4 nitrogen and oxygen atoms in total. The van der Waals surface area contributed by atoms with E-state index in [4.69, 9.17) is 5.73 Å². The second-order valence-corrected chi connectivity index (χ2v) is 3.72. The lowest BCUT2D eigenvalue weighted by molar-refractivity contribution is 0.505. The summed E-state index contributed by atoms with van der Waals surface area (Å²) in [7, 11) is 0. The first-order valence-electron chi connectivity index (χ1n) is 5.22. The van der Waals surface area contributed by atoms with Gasteiger partial charge in [-0.25, -0.2) is 18.7 Å². The number of pyridine rings is 1. The first kappa shape index (κ1) is 10.6. The van der Waals surface area contributed by atoms with Crippen LogP contribution in [0.4, 0.5) is 14.7 Å². The topological polar surface area (TPSA) is 56.7 Å². The third-order valence-electron chi connectivity index (χ3n) is 2.61. The minimum atomic E-state index is -0.978. The lowest BCUT2D eigenvalue weighted by Crippen LogP contribution is -2.04. The molecule has 3 rings (SSSR count). The molecule has 0 bridgehead atoms. The Morgan fingerprint density at radius 2 is 1.94 bits per heavy atom. The van der Waals surface area contributed by atoms with Crippen LogP contribution in [0.3, 0.4) is 0 Å². The third kappa shape index (κ3) is 1.42. The van der Waals surface area contributed by atoms with Crippen molar-refractivity contribution in [2.24, 2.45) is 0 Å². The van der Waals surface area contributed by atoms with Gasteiger partial charge in [-0.1, -0.05) is 6.07 Å². The minimum Gasteiger partial charge on any atom is -0.369 e. The monoisotopic (exact) mass is 246 g/mol. The Balaban J connectivity index is 2.38. The van der Waals surface area contributed by atoms with E-state index in [0.717, 1.165) is 6.07 Å². The number of halogens is 2. The molecule has 0 unspecified atom stereocenters. The van der Waals surface area contributed by atoms with Crippen LogP contribution in [0.25, 0.3) is 16.9 Å². The molecule has 0 aliphatic heterocycles. The molecule has 0 radical (unpaired) electrons. The maximum Gasteiger partial charge on any atom is 0.207 e. The van der Waals surface area contributed by atoms with E-state index in [9.17, 15) is 8.78 Å². The largest absolute Gasteiger partial charge is 0.369 e. The molecule has 3 aromatic rings. The predicted octanol–water partition coefficient (Wildman–Crippen LogP) is 2.28. The van der Waals surface area contributed by atoms with Crippen LogP contribution in [-0.4, -0.2) is 14.5 Å². The fourth-order valence-electron chi connectivity index (χ4n) is 1.83. The number of nitrogens with zero attached hydrogens (tertiary/aromatic N) is 3. The summed E-state index contributed by atoms with van der Waals surface area (Å²) in [6, 6.07) is 7.27. The quantitative estimate of drug-likeness (QED) is 0.716. The summed E-state index contributed by atoms with van der Waals surface area (Å²) in [5.41, 5.74) is 6.64. The highest BCUT2D eigenvalue weighted by Gasteiger charge is 2.16. The number of nitrogens with two attached hydrogens (primary N) is 1. The third-order valence-corrected chi connectivity index (χ3v) is 2.61. The molecular formula is C12H8F2N4. The highest BCUT2D eigenvalue weighted by Crippen LogP contribution is 2.24. The highest BCUT2D eigenvalue weighted by atomic mass is 19.2. The van der Waals surface area contributed by atoms with Crippen molar-refractivity contribution in [3.63, 3.8) is 0 Å². The Morgan fingerprint density at radius 3 is 2.78 bits per heavy atom. The van der Waals surface area contributed by atoms with Crippen molar-refractivity contribution < 1.29 is 8.78 Å². The molecule has 90 valence electrons. The molecule has 0 aliphatic carbocycles. The van der Waals surface area contributed by atoms with Gasteiger partial charge in [0.05, 0.1) is 5.69 Å². The summed E-state index contributed by atoms with van der Waals surface area (Å²) in [4.78, 5) is 8.13. The van der Waals surface area contributed by atoms with E-state index in [2.05, 4.69) is 9.97 Å². The number of fused-ring (bicyclic) bond motifs is 1. The molecule has 2 N–H and O–H groups in total. The van der Waals surface area contributed by atoms with E-state index in [-0.39, 0.29) is 11.6 Å². The SMILES string of the molecule is Nc1nc2cccnc2n1-c1cccc(F)c1F. The Kier molecular flexibility index (Phi) is 2.22. The van der Waals surface area contributed by atoms with E-state index < -0.39 is 11.6 Å². The van der Waals surface area contributed by atoms with Crippen LogP contribution in [0.15, 0.2) is 36.5 Å². The molecule has 0 saturated heterocycles. The number of hydrogen-bond acceptors (Lipinski definition) is 3. The first-order valence-corrected chi connectivity index (χ1v) is 5.22. The molecule has 0 atom stereocenters. The fraction of sp³-hybridized carbons (Fsp3) is 0. The lowest BCUT2D eigenvalue weighted by Gasteiger charge is -2.07. The molecular weight excluding hydrogens is 238 g/mol. The van der Waals surface area contributed by atoms with E-state index in [0.29, 0.717) is 11.2 Å². The molecule has 1 aromatic carbocycles. The summed E-state index contributed by atoms with van der Waals surface area (Å²) in [5, 5.41) is 0. The van der Waals surface area contributed by atoms with Crippen LogP contribution in [0, 0.1) is 11.6 Å². The van der Waals surface area contributed by atoms with Crippen molar-refractivity contribution in [3.05, 3.63) is 48.2 Å². The van der Waals surface area contributed by atoms with Crippen molar-refractivity contribution in [1.29, 1.82) is 0 Å². The number of imidazole rings is 1. The predicted molar refractivity (Wildman–Crippen MR) is 63.2 cm³/mol. The second-order valence-electron chi connectivity index (χ2n) is 3.72. The standard InChI is InChI=1S/C12H8F2N4/c13-7-3-1-5-9(10(7)14)18-11-8(17-12(18)15)4-2-6-16-11/h1-6H,(H2,15,17). The van der Waals surface area contributed by atoms with Crippen LogP contribution in [0.2, 0.25) is 0 Å². The van der Waals surface area contributed by atoms with Crippen molar-refractivity contribution in [1.82, 2.24) is 14.5 Å². The van der Waals surface area contributed by atoms with Gasteiger partial charge in [-0.2, -0.15) is 0 Å². The zero-order chi connectivity index (χ0) is 12.7. The van der Waals surface area contributed by atoms with Crippen molar-refractivity contribution >= 4 is 17.1 Å². The van der Waals surface area contributed by atoms with E-state index in [1.807, 2.05) is 0 Å². The molecule has 0 fully saturated rings. The van der Waals surface area contributed by atoms with Gasteiger partial charge in [-0.05, 0) is 24.3 Å². The van der Waals surface area contributed by atoms with Crippen molar-refractivity contribution in [3.8, 4) is 5.69 Å². The van der Waals surface area contributed by atoms with Crippen LogP contribution >= 0.6 is 0 Å². The van der Waals surface area contributed by atoms with Gasteiger partial charge in [0.15, 0.2) is 17.3 Å². The maximum atomic E-state index is 13.8. The van der Waals surface area contributed by atoms with E-state index in [1.165, 1.54) is 22.9 Å².